The number of hydrogen-bond donors (Lipinski definition) is 1. The maximum atomic E-state index is 14.4. The number of nitrogens with zero attached hydrogens (tertiary/aromatic N) is 5. The number of nitrogens with one attached hydrogen (secondary N) is 1. The summed E-state index contributed by atoms with van der Waals surface area (Å²) in [5.41, 5.74) is -0.415. The van der Waals surface area contributed by atoms with Gasteiger partial charge in [0.2, 0.25) is 5.91 Å². The minimum Gasteiger partial charge on any atom is -0.496 e. The van der Waals surface area contributed by atoms with E-state index in [-0.39, 0.29) is 25.0 Å². The van der Waals surface area contributed by atoms with E-state index in [9.17, 15) is 18.8 Å². The summed E-state index contributed by atoms with van der Waals surface area (Å²) in [7, 11) is 1.43. The van der Waals surface area contributed by atoms with Crippen molar-refractivity contribution in [1.29, 1.82) is 5.26 Å². The van der Waals surface area contributed by atoms with Crippen molar-refractivity contribution in [2.24, 2.45) is 0 Å². The van der Waals surface area contributed by atoms with Crippen molar-refractivity contribution in [1.82, 2.24) is 24.2 Å². The summed E-state index contributed by atoms with van der Waals surface area (Å²) in [5, 5.41) is 16.9. The number of rotatable bonds is 11. The van der Waals surface area contributed by atoms with E-state index in [2.05, 4.69) is 10.4 Å². The molecule has 3 heterocycles. The monoisotopic (exact) mass is 568 g/mol. The number of halogens is 1. The molecular formula is C27H29FN6O5S. The van der Waals surface area contributed by atoms with E-state index in [4.69, 9.17) is 14.7 Å². The Hall–Kier alpha value is -4.28. The lowest BCUT2D eigenvalue weighted by molar-refractivity contribution is -0.123. The van der Waals surface area contributed by atoms with Crippen LogP contribution in [0.15, 0.2) is 46.2 Å². The van der Waals surface area contributed by atoms with Crippen molar-refractivity contribution in [2.45, 2.75) is 45.9 Å². The van der Waals surface area contributed by atoms with Crippen LogP contribution in [0.5, 0.6) is 5.75 Å². The normalized spacial score (nSPS) is 12.7. The summed E-state index contributed by atoms with van der Waals surface area (Å²) >= 11 is 1.19. The number of hydrogen-bond acceptors (Lipinski definition) is 8. The first-order valence-corrected chi connectivity index (χ1v) is 13.4. The summed E-state index contributed by atoms with van der Waals surface area (Å²) < 4.78 is 29.7. The fourth-order valence-corrected chi connectivity index (χ4v) is 5.76. The lowest BCUT2D eigenvalue weighted by Crippen LogP contribution is -2.46. The van der Waals surface area contributed by atoms with Crippen molar-refractivity contribution in [2.75, 3.05) is 20.3 Å². The highest BCUT2D eigenvalue weighted by Gasteiger charge is 2.28. The lowest BCUT2D eigenvalue weighted by atomic mass is 10.1. The Balaban J connectivity index is 1.99. The fraction of sp³-hybridized carbons (Fsp3) is 0.370. The van der Waals surface area contributed by atoms with Gasteiger partial charge >= 0.3 is 5.69 Å². The largest absolute Gasteiger partial charge is 0.496 e. The highest BCUT2D eigenvalue weighted by atomic mass is 32.1. The number of thiophene rings is 1. The number of benzene rings is 1. The Morgan fingerprint density at radius 2 is 2.10 bits per heavy atom. The number of aromatic nitrogens is 4. The van der Waals surface area contributed by atoms with Gasteiger partial charge in [-0.3, -0.25) is 14.2 Å². The van der Waals surface area contributed by atoms with Gasteiger partial charge < -0.3 is 14.8 Å². The summed E-state index contributed by atoms with van der Waals surface area (Å²) in [6, 6.07) is 6.58. The van der Waals surface area contributed by atoms with E-state index in [0.717, 1.165) is 4.57 Å². The number of amides is 1. The quantitative estimate of drug-likeness (QED) is 0.275. The van der Waals surface area contributed by atoms with Crippen LogP contribution in [0.2, 0.25) is 0 Å². The molecule has 11 nitrogen and oxygen atoms in total. The maximum absolute atomic E-state index is 14.4. The summed E-state index contributed by atoms with van der Waals surface area (Å²) in [6.45, 7) is 5.16. The highest BCUT2D eigenvalue weighted by molar-refractivity contribution is 7.21. The fourth-order valence-electron chi connectivity index (χ4n) is 4.51. The van der Waals surface area contributed by atoms with Gasteiger partial charge in [0.1, 0.15) is 33.5 Å². The van der Waals surface area contributed by atoms with E-state index in [1.54, 1.807) is 37.0 Å². The average Bonchev–Trinajstić information content (AvgIpc) is 3.58. The molecule has 0 radical (unpaired) electrons. The molecule has 1 N–H and O–H groups in total. The number of methoxy groups -OCH3 is 1. The predicted molar refractivity (Wildman–Crippen MR) is 147 cm³/mol. The highest BCUT2D eigenvalue weighted by Crippen LogP contribution is 2.34. The van der Waals surface area contributed by atoms with E-state index in [0.29, 0.717) is 33.3 Å². The van der Waals surface area contributed by atoms with Gasteiger partial charge in [0, 0.05) is 30.1 Å². The number of ether oxygens (including phenoxy) is 2. The first kappa shape index (κ1) is 28.7. The number of nitriles is 1. The second-order valence-electron chi connectivity index (χ2n) is 8.96. The molecule has 13 heteroatoms. The average molecular weight is 569 g/mol. The van der Waals surface area contributed by atoms with E-state index < -0.39 is 35.1 Å². The first-order chi connectivity index (χ1) is 19.2. The molecule has 0 aliphatic heterocycles. The number of carbonyl (C=O) groups excluding carboxylic acids is 1. The second kappa shape index (κ2) is 12.3. The van der Waals surface area contributed by atoms with Crippen molar-refractivity contribution in [3.8, 4) is 16.8 Å². The van der Waals surface area contributed by atoms with Gasteiger partial charge in [0.05, 0.1) is 38.1 Å². The van der Waals surface area contributed by atoms with Gasteiger partial charge in [-0.2, -0.15) is 10.4 Å². The Morgan fingerprint density at radius 3 is 2.75 bits per heavy atom. The molecule has 4 aromatic rings. The van der Waals surface area contributed by atoms with Crippen LogP contribution >= 0.6 is 11.3 Å². The number of aryl methyl sites for hydroxylation is 1. The zero-order chi connectivity index (χ0) is 29.0. The molecule has 0 aliphatic carbocycles. The molecule has 0 bridgehead atoms. The van der Waals surface area contributed by atoms with Gasteiger partial charge in [-0.1, -0.05) is 11.3 Å². The third-order valence-corrected chi connectivity index (χ3v) is 7.77. The van der Waals surface area contributed by atoms with E-state index in [1.165, 1.54) is 48.1 Å². The van der Waals surface area contributed by atoms with E-state index in [1.807, 2.05) is 6.07 Å². The molecule has 0 aliphatic rings. The summed E-state index contributed by atoms with van der Waals surface area (Å²) in [6.07, 6.45) is 2.46. The van der Waals surface area contributed by atoms with Crippen molar-refractivity contribution in [3.63, 3.8) is 0 Å². The Kier molecular flexibility index (Phi) is 8.81. The minimum atomic E-state index is -1.11. The van der Waals surface area contributed by atoms with Gasteiger partial charge in [-0.15, -0.1) is 0 Å². The van der Waals surface area contributed by atoms with Crippen molar-refractivity contribution in [3.05, 3.63) is 74.4 Å². The molecule has 0 fully saturated rings. The van der Waals surface area contributed by atoms with Crippen LogP contribution in [0.25, 0.3) is 15.2 Å². The topological polar surface area (TPSA) is 133 Å². The zero-order valence-corrected chi connectivity index (χ0v) is 23.3. The molecule has 0 saturated heterocycles. The maximum Gasteiger partial charge on any atom is 0.332 e. The Bertz CT molecular complexity index is 1680. The molecule has 210 valence electrons. The second-order valence-corrected chi connectivity index (χ2v) is 9.93. The van der Waals surface area contributed by atoms with Crippen LogP contribution in [0.4, 0.5) is 4.39 Å². The van der Waals surface area contributed by atoms with Crippen LogP contribution in [0.3, 0.4) is 0 Å². The molecular weight excluding hydrogens is 539 g/mol. The molecule has 1 aromatic carbocycles. The summed E-state index contributed by atoms with van der Waals surface area (Å²) in [5.74, 6) is -0.692. The van der Waals surface area contributed by atoms with Crippen molar-refractivity contribution < 1.29 is 18.7 Å². The van der Waals surface area contributed by atoms with Crippen LogP contribution < -0.4 is 21.3 Å². The third kappa shape index (κ3) is 5.41. The molecule has 2 atom stereocenters. The van der Waals surface area contributed by atoms with Crippen molar-refractivity contribution >= 4 is 27.5 Å². The Morgan fingerprint density at radius 1 is 1.32 bits per heavy atom. The summed E-state index contributed by atoms with van der Waals surface area (Å²) in [4.78, 5) is 40.9. The number of likely N-dealkylation sites (N-methyl/N-ethyl adjacent to an activating group) is 1. The Labute approximate surface area is 233 Å². The molecule has 0 unspecified atom stereocenters. The van der Waals surface area contributed by atoms with Gasteiger partial charge in [-0.05, 0) is 45.0 Å². The van der Waals surface area contributed by atoms with Crippen LogP contribution in [0.1, 0.15) is 43.5 Å². The number of carbonyl (C=O) groups is 1. The molecule has 4 rings (SSSR count). The molecule has 3 aromatic heterocycles. The molecule has 0 saturated carbocycles. The van der Waals surface area contributed by atoms with Crippen LogP contribution in [-0.2, 0) is 16.1 Å². The molecule has 40 heavy (non-hydrogen) atoms. The van der Waals surface area contributed by atoms with E-state index >= 15 is 0 Å². The first-order valence-electron chi connectivity index (χ1n) is 12.6. The lowest BCUT2D eigenvalue weighted by Gasteiger charge is -2.23. The standard InChI is InChI=1S/C27H29FN6O5S/c1-5-30-23(35)17(3)34-24(36)22-16(2)25(33-12-7-11-31-33)40-26(22)32(27(34)37)15-21(39-13-6-10-29)19-14-18(28)8-9-20(19)38-4/h7-9,11-12,14,17,21H,5-6,13,15H2,1-4H3,(H,30,35)/t17-,21-/m0/s1. The van der Waals surface area contributed by atoms with Crippen LogP contribution in [-0.4, -0.2) is 45.1 Å². The van der Waals surface area contributed by atoms with Gasteiger partial charge in [-0.25, -0.2) is 18.4 Å². The minimum absolute atomic E-state index is 0.00960. The molecule has 1 amide bonds. The third-order valence-electron chi connectivity index (χ3n) is 6.47. The zero-order valence-electron chi connectivity index (χ0n) is 22.5. The van der Waals surface area contributed by atoms with Gasteiger partial charge in [0.25, 0.3) is 5.56 Å². The predicted octanol–water partition coefficient (Wildman–Crippen LogP) is 3.24. The van der Waals surface area contributed by atoms with Crippen LogP contribution in [0, 0.1) is 24.1 Å². The smallest absolute Gasteiger partial charge is 0.332 e. The SMILES string of the molecule is CCNC(=O)[C@H](C)n1c(=O)c2c(C)c(-n3cccn3)sc2n(C[C@H](OCCC#N)c2cc(F)ccc2OC)c1=O. The van der Waals surface area contributed by atoms with Gasteiger partial charge in [0.15, 0.2) is 0 Å². The molecule has 0 spiro atoms. The number of fused-ring (bicyclic) bond motifs is 1.